The molecule has 2 rings (SSSR count). The van der Waals surface area contributed by atoms with Crippen LogP contribution in [0.25, 0.3) is 0 Å². The number of ether oxygens (including phenoxy) is 1. The van der Waals surface area contributed by atoms with Gasteiger partial charge < -0.3 is 10.5 Å². The second kappa shape index (κ2) is 10.4. The van der Waals surface area contributed by atoms with Crippen molar-refractivity contribution < 1.29 is 4.74 Å². The summed E-state index contributed by atoms with van der Waals surface area (Å²) in [6, 6.07) is 18.8. The largest absolute Gasteiger partial charge is 0.489 e. The molecule has 3 nitrogen and oxygen atoms in total. The summed E-state index contributed by atoms with van der Waals surface area (Å²) in [4.78, 5) is 2.34. The molecule has 2 N–H and O–H groups in total. The minimum Gasteiger partial charge on any atom is -0.489 e. The van der Waals surface area contributed by atoms with E-state index in [1.54, 1.807) is 0 Å². The van der Waals surface area contributed by atoms with E-state index >= 15 is 0 Å². The first-order valence-electron chi connectivity index (χ1n) is 8.40. The smallest absolute Gasteiger partial charge is 0.119 e. The second-order valence-corrected chi connectivity index (χ2v) is 6.91. The van der Waals surface area contributed by atoms with E-state index in [9.17, 15) is 0 Å². The number of hydrogen-bond acceptors (Lipinski definition) is 4. The van der Waals surface area contributed by atoms with E-state index in [1.807, 2.05) is 42.1 Å². The van der Waals surface area contributed by atoms with E-state index in [4.69, 9.17) is 10.5 Å². The highest BCUT2D eigenvalue weighted by Gasteiger charge is 2.15. The molecule has 2 aromatic carbocycles. The van der Waals surface area contributed by atoms with Crippen molar-refractivity contribution in [2.45, 2.75) is 19.1 Å². The maximum atomic E-state index is 6.00. The molecule has 0 spiro atoms. The summed E-state index contributed by atoms with van der Waals surface area (Å²) in [5.41, 5.74) is 8.43. The van der Waals surface area contributed by atoms with Crippen LogP contribution in [0.3, 0.4) is 0 Å². The summed E-state index contributed by atoms with van der Waals surface area (Å²) >= 11 is 1.89. The normalized spacial score (nSPS) is 12.3. The Bertz CT molecular complexity index is 574. The molecule has 0 bridgehead atoms. The van der Waals surface area contributed by atoms with Crippen molar-refractivity contribution in [1.82, 2.24) is 4.90 Å². The molecule has 4 heteroatoms. The monoisotopic (exact) mass is 344 g/mol. The van der Waals surface area contributed by atoms with Crippen molar-refractivity contribution in [3.63, 3.8) is 0 Å². The lowest BCUT2D eigenvalue weighted by atomic mass is 10.1. The minimum atomic E-state index is 0.259. The van der Waals surface area contributed by atoms with Crippen LogP contribution in [0.2, 0.25) is 0 Å². The van der Waals surface area contributed by atoms with Crippen molar-refractivity contribution in [3.05, 3.63) is 65.7 Å². The zero-order chi connectivity index (χ0) is 17.2. The number of nitrogens with two attached hydrogens (primary N) is 1. The van der Waals surface area contributed by atoms with Gasteiger partial charge in [-0.05, 0) is 55.3 Å². The van der Waals surface area contributed by atoms with Crippen LogP contribution in [-0.4, -0.2) is 37.0 Å². The summed E-state index contributed by atoms with van der Waals surface area (Å²) in [5, 5.41) is 0. The molecule has 0 amide bonds. The Morgan fingerprint density at radius 3 is 2.42 bits per heavy atom. The molecule has 0 fully saturated rings. The molecular weight excluding hydrogens is 316 g/mol. The molecule has 0 aliphatic carbocycles. The van der Waals surface area contributed by atoms with E-state index in [2.05, 4.69) is 42.5 Å². The Labute approximate surface area is 150 Å². The highest BCUT2D eigenvalue weighted by Crippen LogP contribution is 2.22. The van der Waals surface area contributed by atoms with Crippen LogP contribution in [0.5, 0.6) is 5.75 Å². The first kappa shape index (κ1) is 18.8. The van der Waals surface area contributed by atoms with Gasteiger partial charge in [-0.25, -0.2) is 0 Å². The fourth-order valence-electron chi connectivity index (χ4n) is 2.71. The molecule has 0 aliphatic heterocycles. The van der Waals surface area contributed by atoms with Gasteiger partial charge in [-0.3, -0.25) is 4.90 Å². The minimum absolute atomic E-state index is 0.259. The van der Waals surface area contributed by atoms with Gasteiger partial charge >= 0.3 is 0 Å². The number of rotatable bonds is 10. The molecule has 0 aromatic heterocycles. The van der Waals surface area contributed by atoms with E-state index in [-0.39, 0.29) is 6.04 Å². The number of hydrogen-bond donors (Lipinski definition) is 1. The third kappa shape index (κ3) is 5.86. The van der Waals surface area contributed by atoms with E-state index in [1.165, 1.54) is 23.3 Å². The van der Waals surface area contributed by atoms with Crippen LogP contribution in [0, 0.1) is 0 Å². The quantitative estimate of drug-likeness (QED) is 0.662. The molecular formula is C20H28N2OS. The Balaban J connectivity index is 1.91. The van der Waals surface area contributed by atoms with E-state index in [0.29, 0.717) is 13.2 Å². The Morgan fingerprint density at radius 2 is 1.79 bits per heavy atom. The molecule has 2 aromatic rings. The molecule has 130 valence electrons. The van der Waals surface area contributed by atoms with Gasteiger partial charge in [0.05, 0.1) is 0 Å². The Hall–Kier alpha value is -1.49. The zero-order valence-electron chi connectivity index (χ0n) is 14.7. The van der Waals surface area contributed by atoms with Gasteiger partial charge in [0.1, 0.15) is 12.4 Å². The molecule has 24 heavy (non-hydrogen) atoms. The summed E-state index contributed by atoms with van der Waals surface area (Å²) in [6.45, 7) is 2.28. The average molecular weight is 345 g/mol. The van der Waals surface area contributed by atoms with Gasteiger partial charge in [-0.2, -0.15) is 11.8 Å². The van der Waals surface area contributed by atoms with E-state index < -0.39 is 0 Å². The number of benzene rings is 2. The summed E-state index contributed by atoms with van der Waals surface area (Å²) in [6.07, 6.45) is 3.33. The maximum Gasteiger partial charge on any atom is 0.119 e. The predicted molar refractivity (Wildman–Crippen MR) is 105 cm³/mol. The molecule has 0 heterocycles. The highest BCUT2D eigenvalue weighted by atomic mass is 32.2. The van der Waals surface area contributed by atoms with E-state index in [0.717, 1.165) is 12.3 Å². The summed E-state index contributed by atoms with van der Waals surface area (Å²) < 4.78 is 5.85. The van der Waals surface area contributed by atoms with Crippen molar-refractivity contribution >= 4 is 11.8 Å². The molecule has 0 radical (unpaired) electrons. The van der Waals surface area contributed by atoms with Crippen LogP contribution < -0.4 is 10.5 Å². The number of likely N-dealkylation sites (N-methyl/N-ethyl adjacent to an activating group) is 1. The molecule has 1 unspecified atom stereocenters. The molecule has 0 saturated carbocycles. The van der Waals surface area contributed by atoms with Crippen LogP contribution >= 0.6 is 11.8 Å². The van der Waals surface area contributed by atoms with Gasteiger partial charge in [0.25, 0.3) is 0 Å². The fraction of sp³-hybridized carbons (Fsp3) is 0.400. The highest BCUT2D eigenvalue weighted by molar-refractivity contribution is 7.98. The maximum absolute atomic E-state index is 6.00. The average Bonchev–Trinajstić information content (AvgIpc) is 2.63. The van der Waals surface area contributed by atoms with Crippen molar-refractivity contribution in [2.24, 2.45) is 5.73 Å². The van der Waals surface area contributed by atoms with Crippen LogP contribution in [0.4, 0.5) is 0 Å². The molecule has 0 saturated heterocycles. The Morgan fingerprint density at radius 1 is 1.08 bits per heavy atom. The number of thioether (sulfide) groups is 1. The van der Waals surface area contributed by atoms with Crippen molar-refractivity contribution in [3.8, 4) is 5.75 Å². The molecule has 1 atom stereocenters. The third-order valence-electron chi connectivity index (χ3n) is 4.13. The van der Waals surface area contributed by atoms with Crippen molar-refractivity contribution in [1.29, 1.82) is 0 Å². The summed E-state index contributed by atoms with van der Waals surface area (Å²) in [5.74, 6) is 2.08. The fourth-order valence-corrected chi connectivity index (χ4v) is 3.13. The molecule has 0 aliphatic rings. The Kier molecular flexibility index (Phi) is 8.16. The lowest BCUT2D eigenvalue weighted by Gasteiger charge is -2.27. The lowest BCUT2D eigenvalue weighted by molar-refractivity contribution is 0.251. The van der Waals surface area contributed by atoms with Gasteiger partial charge in [-0.15, -0.1) is 0 Å². The topological polar surface area (TPSA) is 38.5 Å². The zero-order valence-corrected chi connectivity index (χ0v) is 15.5. The van der Waals surface area contributed by atoms with Crippen LogP contribution in [0.1, 0.15) is 23.6 Å². The first-order chi connectivity index (χ1) is 11.7. The second-order valence-electron chi connectivity index (χ2n) is 5.92. The van der Waals surface area contributed by atoms with Crippen LogP contribution in [0.15, 0.2) is 54.6 Å². The van der Waals surface area contributed by atoms with Crippen molar-refractivity contribution in [2.75, 3.05) is 32.1 Å². The number of nitrogens with zero attached hydrogens (tertiary/aromatic N) is 1. The standard InChI is InChI=1S/C20H28N2OS/c1-22(13-6-14-24-2)20(15-21)18-9-11-19(12-10-18)23-16-17-7-4-3-5-8-17/h3-5,7-12,20H,6,13-16,21H2,1-2H3. The van der Waals surface area contributed by atoms with Gasteiger partial charge in [0, 0.05) is 12.6 Å². The predicted octanol–water partition coefficient (Wildman–Crippen LogP) is 3.95. The summed E-state index contributed by atoms with van der Waals surface area (Å²) in [7, 11) is 2.15. The lowest BCUT2D eigenvalue weighted by Crippen LogP contribution is -2.31. The first-order valence-corrected chi connectivity index (χ1v) is 9.80. The SMILES string of the molecule is CSCCCN(C)C(CN)c1ccc(OCc2ccccc2)cc1. The third-order valence-corrected chi connectivity index (χ3v) is 4.82. The van der Waals surface area contributed by atoms with Crippen LogP contribution in [-0.2, 0) is 6.61 Å². The van der Waals surface area contributed by atoms with Gasteiger partial charge in [0.15, 0.2) is 0 Å². The van der Waals surface area contributed by atoms with Gasteiger partial charge in [-0.1, -0.05) is 42.5 Å². The van der Waals surface area contributed by atoms with Gasteiger partial charge in [0.2, 0.25) is 0 Å².